The number of nitrogens with zero attached hydrogens (tertiary/aromatic N) is 3. The average molecular weight is 248 g/mol. The molecule has 16 heavy (non-hydrogen) atoms. The Morgan fingerprint density at radius 2 is 2.31 bits per heavy atom. The Morgan fingerprint density at radius 3 is 2.75 bits per heavy atom. The second-order valence-corrected chi connectivity index (χ2v) is 3.12. The Kier molecular flexibility index (Phi) is 3.68. The first-order valence-electron chi connectivity index (χ1n) is 3.96. The summed E-state index contributed by atoms with van der Waals surface area (Å²) in [6.07, 6.45) is -3.37. The Balaban J connectivity index is 3.38. The van der Waals surface area contributed by atoms with Gasteiger partial charge in [-0.2, -0.15) is 5.26 Å². The van der Waals surface area contributed by atoms with E-state index in [4.69, 9.17) is 16.9 Å². The van der Waals surface area contributed by atoms with Crippen LogP contribution in [-0.4, -0.2) is 9.91 Å². The highest BCUT2D eigenvalue weighted by molar-refractivity contribution is 6.31. The van der Waals surface area contributed by atoms with Gasteiger partial charge in [-0.05, 0) is 0 Å². The quantitative estimate of drug-likeness (QED) is 0.607. The normalized spacial score (nSPS) is 10.2. The molecule has 0 saturated heterocycles. The fourth-order valence-corrected chi connectivity index (χ4v) is 1.25. The van der Waals surface area contributed by atoms with Crippen LogP contribution in [0.5, 0.6) is 0 Å². The second-order valence-electron chi connectivity index (χ2n) is 2.71. The van der Waals surface area contributed by atoms with Gasteiger partial charge in [0.05, 0.1) is 28.1 Å². The van der Waals surface area contributed by atoms with Crippen molar-refractivity contribution in [2.75, 3.05) is 0 Å². The van der Waals surface area contributed by atoms with Crippen LogP contribution in [0.25, 0.3) is 0 Å². The molecule has 0 aliphatic heterocycles. The van der Waals surface area contributed by atoms with E-state index in [-0.39, 0.29) is 17.1 Å². The third-order valence-electron chi connectivity index (χ3n) is 1.71. The Labute approximate surface area is 93.4 Å². The van der Waals surface area contributed by atoms with E-state index in [9.17, 15) is 18.9 Å². The van der Waals surface area contributed by atoms with E-state index in [1.54, 1.807) is 6.07 Å². The van der Waals surface area contributed by atoms with Gasteiger partial charge in [0.15, 0.2) is 5.69 Å². The maximum absolute atomic E-state index is 12.4. The van der Waals surface area contributed by atoms with Crippen molar-refractivity contribution >= 4 is 17.3 Å². The van der Waals surface area contributed by atoms with E-state index < -0.39 is 22.7 Å². The van der Waals surface area contributed by atoms with E-state index in [0.29, 0.717) is 0 Å². The van der Waals surface area contributed by atoms with Crippen LogP contribution in [0.15, 0.2) is 6.07 Å². The Morgan fingerprint density at radius 1 is 1.69 bits per heavy atom. The highest BCUT2D eigenvalue weighted by atomic mass is 35.5. The Hall–Kier alpha value is -1.81. The van der Waals surface area contributed by atoms with Gasteiger partial charge in [0.25, 0.3) is 12.1 Å². The van der Waals surface area contributed by atoms with Crippen molar-refractivity contribution in [2.24, 2.45) is 0 Å². The van der Waals surface area contributed by atoms with E-state index in [1.807, 2.05) is 0 Å². The number of rotatable bonds is 3. The monoisotopic (exact) mass is 247 g/mol. The van der Waals surface area contributed by atoms with E-state index in [1.165, 1.54) is 0 Å². The van der Waals surface area contributed by atoms with Crippen molar-refractivity contribution in [2.45, 2.75) is 12.8 Å². The molecule has 0 amide bonds. The Bertz CT molecular complexity index is 473. The third kappa shape index (κ3) is 2.41. The molecular formula is C8H4ClF2N3O2. The lowest BCUT2D eigenvalue weighted by atomic mass is 10.2. The molecule has 1 rings (SSSR count). The van der Waals surface area contributed by atoms with E-state index in [0.717, 1.165) is 6.07 Å². The molecule has 0 atom stereocenters. The molecule has 84 valence electrons. The van der Waals surface area contributed by atoms with Crippen LogP contribution in [0.1, 0.15) is 17.8 Å². The molecular weight excluding hydrogens is 244 g/mol. The van der Waals surface area contributed by atoms with Gasteiger partial charge in [-0.15, -0.1) is 0 Å². The minimum Gasteiger partial charge on any atom is -0.258 e. The summed E-state index contributed by atoms with van der Waals surface area (Å²) in [5, 5.41) is 18.7. The largest absolute Gasteiger partial charge is 0.298 e. The van der Waals surface area contributed by atoms with Gasteiger partial charge in [0.1, 0.15) is 0 Å². The van der Waals surface area contributed by atoms with Crippen LogP contribution in [0.2, 0.25) is 5.02 Å². The molecule has 0 fully saturated rings. The number of nitriles is 1. The maximum atomic E-state index is 12.4. The molecule has 8 heteroatoms. The van der Waals surface area contributed by atoms with Crippen LogP contribution in [0.3, 0.4) is 0 Å². The number of halogens is 3. The first-order valence-corrected chi connectivity index (χ1v) is 4.34. The molecule has 0 aliphatic carbocycles. The summed E-state index contributed by atoms with van der Waals surface area (Å²) in [5.41, 5.74) is -1.91. The van der Waals surface area contributed by atoms with Gasteiger partial charge in [-0.25, -0.2) is 13.8 Å². The van der Waals surface area contributed by atoms with E-state index >= 15 is 0 Å². The lowest BCUT2D eigenvalue weighted by Crippen LogP contribution is -2.03. The van der Waals surface area contributed by atoms with Crippen LogP contribution >= 0.6 is 11.6 Å². The summed E-state index contributed by atoms with van der Waals surface area (Å²) in [7, 11) is 0. The number of aromatic nitrogens is 1. The zero-order chi connectivity index (χ0) is 12.3. The molecule has 0 aromatic carbocycles. The summed E-state index contributed by atoms with van der Waals surface area (Å²) in [6, 6.07) is 2.46. The predicted molar refractivity (Wildman–Crippen MR) is 50.2 cm³/mol. The van der Waals surface area contributed by atoms with Crippen molar-refractivity contribution in [1.82, 2.24) is 4.98 Å². The van der Waals surface area contributed by atoms with Crippen molar-refractivity contribution in [1.29, 1.82) is 5.26 Å². The molecule has 0 N–H and O–H groups in total. The molecule has 1 aromatic heterocycles. The van der Waals surface area contributed by atoms with Gasteiger partial charge >= 0.3 is 0 Å². The SMILES string of the molecule is N#CCc1nc(C(F)F)c([N+](=O)[O-])cc1Cl. The van der Waals surface area contributed by atoms with Gasteiger partial charge < -0.3 is 0 Å². The number of pyridine rings is 1. The molecule has 0 bridgehead atoms. The van der Waals surface area contributed by atoms with E-state index in [2.05, 4.69) is 4.98 Å². The minimum absolute atomic E-state index is 0.0925. The molecule has 5 nitrogen and oxygen atoms in total. The fourth-order valence-electron chi connectivity index (χ4n) is 1.04. The standard InChI is InChI=1S/C8H4ClF2N3O2/c9-4-3-6(14(15)16)7(8(10)11)13-5(4)1-2-12/h3,8H,1H2. The lowest BCUT2D eigenvalue weighted by Gasteiger charge is -2.04. The average Bonchev–Trinajstić information content (AvgIpc) is 2.20. The zero-order valence-electron chi connectivity index (χ0n) is 7.65. The molecule has 0 spiro atoms. The molecule has 1 heterocycles. The summed E-state index contributed by atoms with van der Waals surface area (Å²) in [4.78, 5) is 12.8. The number of alkyl halides is 2. The van der Waals surface area contributed by atoms with Crippen molar-refractivity contribution in [3.05, 3.63) is 32.6 Å². The summed E-state index contributed by atoms with van der Waals surface area (Å²) in [5.74, 6) is 0. The van der Waals surface area contributed by atoms with Crippen molar-refractivity contribution in [3.63, 3.8) is 0 Å². The maximum Gasteiger partial charge on any atom is 0.298 e. The van der Waals surface area contributed by atoms with Gasteiger partial charge in [0.2, 0.25) is 0 Å². The highest BCUT2D eigenvalue weighted by Gasteiger charge is 2.25. The van der Waals surface area contributed by atoms with Crippen LogP contribution in [-0.2, 0) is 6.42 Å². The first-order chi connectivity index (χ1) is 7.47. The van der Waals surface area contributed by atoms with Gasteiger partial charge in [-0.1, -0.05) is 11.6 Å². The first kappa shape index (κ1) is 12.3. The predicted octanol–water partition coefficient (Wildman–Crippen LogP) is 2.65. The summed E-state index contributed by atoms with van der Waals surface area (Å²) < 4.78 is 24.9. The zero-order valence-corrected chi connectivity index (χ0v) is 8.41. The molecule has 0 aliphatic rings. The molecule has 0 unspecified atom stereocenters. The number of nitro groups is 1. The topological polar surface area (TPSA) is 79.8 Å². The lowest BCUT2D eigenvalue weighted by molar-refractivity contribution is -0.386. The van der Waals surface area contributed by atoms with Gasteiger partial charge in [-0.3, -0.25) is 10.1 Å². The molecule has 0 radical (unpaired) electrons. The van der Waals surface area contributed by atoms with Crippen molar-refractivity contribution < 1.29 is 13.7 Å². The van der Waals surface area contributed by atoms with Crippen LogP contribution in [0, 0.1) is 21.4 Å². The fraction of sp³-hybridized carbons (Fsp3) is 0.250. The highest BCUT2D eigenvalue weighted by Crippen LogP contribution is 2.30. The third-order valence-corrected chi connectivity index (χ3v) is 2.03. The van der Waals surface area contributed by atoms with Crippen LogP contribution in [0.4, 0.5) is 14.5 Å². The number of hydrogen-bond donors (Lipinski definition) is 0. The number of hydrogen-bond acceptors (Lipinski definition) is 4. The summed E-state index contributed by atoms with van der Waals surface area (Å²) >= 11 is 5.57. The minimum atomic E-state index is -3.09. The van der Waals surface area contributed by atoms with Crippen LogP contribution < -0.4 is 0 Å². The smallest absolute Gasteiger partial charge is 0.258 e. The van der Waals surface area contributed by atoms with Crippen molar-refractivity contribution in [3.8, 4) is 6.07 Å². The molecule has 0 saturated carbocycles. The second kappa shape index (κ2) is 4.81. The van der Waals surface area contributed by atoms with Gasteiger partial charge in [0, 0.05) is 6.07 Å². The summed E-state index contributed by atoms with van der Waals surface area (Å²) in [6.45, 7) is 0. The molecule has 1 aromatic rings.